The second-order valence-corrected chi connectivity index (χ2v) is 6.41. The maximum absolute atomic E-state index is 6.09. The predicted molar refractivity (Wildman–Crippen MR) is 83.7 cm³/mol. The summed E-state index contributed by atoms with van der Waals surface area (Å²) in [7, 11) is 0. The zero-order chi connectivity index (χ0) is 13.8. The van der Waals surface area contributed by atoms with Crippen LogP contribution in [0.2, 0.25) is 0 Å². The Morgan fingerprint density at radius 2 is 1.95 bits per heavy atom. The molecule has 0 N–H and O–H groups in total. The molecule has 0 radical (unpaired) electrons. The van der Waals surface area contributed by atoms with Gasteiger partial charge in [0.2, 0.25) is 0 Å². The zero-order valence-corrected chi connectivity index (χ0v) is 12.8. The minimum Gasteiger partial charge on any atom is -0.488 e. The smallest absolute Gasteiger partial charge is 0.123 e. The van der Waals surface area contributed by atoms with Crippen molar-refractivity contribution in [3.8, 4) is 5.75 Å². The number of nitrogens with zero attached hydrogens (tertiary/aromatic N) is 1. The van der Waals surface area contributed by atoms with Crippen LogP contribution in [0.4, 0.5) is 0 Å². The normalized spacial score (nSPS) is 22.8. The van der Waals surface area contributed by atoms with Crippen molar-refractivity contribution in [3.05, 3.63) is 29.8 Å². The van der Waals surface area contributed by atoms with Crippen LogP contribution in [-0.4, -0.2) is 36.0 Å². The zero-order valence-electron chi connectivity index (χ0n) is 12.1. The van der Waals surface area contributed by atoms with E-state index in [9.17, 15) is 0 Å². The van der Waals surface area contributed by atoms with Crippen LogP contribution >= 0.6 is 11.6 Å². The van der Waals surface area contributed by atoms with E-state index in [0.29, 0.717) is 6.10 Å². The molecule has 2 aliphatic rings. The van der Waals surface area contributed by atoms with Gasteiger partial charge in [-0.15, -0.1) is 11.6 Å². The third kappa shape index (κ3) is 3.29. The monoisotopic (exact) mass is 293 g/mol. The maximum atomic E-state index is 6.09. The van der Waals surface area contributed by atoms with Crippen molar-refractivity contribution in [2.24, 2.45) is 0 Å². The number of fused-ring (bicyclic) bond motifs is 1. The summed E-state index contributed by atoms with van der Waals surface area (Å²) in [6, 6.07) is 9.14. The van der Waals surface area contributed by atoms with Crippen LogP contribution in [0.25, 0.3) is 0 Å². The van der Waals surface area contributed by atoms with Crippen molar-refractivity contribution in [2.75, 3.05) is 19.0 Å². The summed E-state index contributed by atoms with van der Waals surface area (Å²) in [5, 5.41) is 0. The van der Waals surface area contributed by atoms with Gasteiger partial charge in [0.05, 0.1) is 0 Å². The van der Waals surface area contributed by atoms with Crippen LogP contribution in [0.5, 0.6) is 5.75 Å². The molecule has 3 rings (SSSR count). The Morgan fingerprint density at radius 1 is 1.15 bits per heavy atom. The molecule has 1 aromatic carbocycles. The Morgan fingerprint density at radius 3 is 2.70 bits per heavy atom. The molecule has 1 fully saturated rings. The fourth-order valence-electron chi connectivity index (χ4n) is 3.59. The molecule has 1 unspecified atom stereocenters. The molecule has 1 saturated carbocycles. The molecule has 2 nitrogen and oxygen atoms in total. The molecule has 0 amide bonds. The van der Waals surface area contributed by atoms with E-state index >= 15 is 0 Å². The molecule has 1 aliphatic heterocycles. The Kier molecular flexibility index (Phi) is 4.85. The van der Waals surface area contributed by atoms with Crippen molar-refractivity contribution < 1.29 is 4.74 Å². The molecule has 0 saturated heterocycles. The van der Waals surface area contributed by atoms with E-state index in [4.69, 9.17) is 16.3 Å². The van der Waals surface area contributed by atoms with Crippen molar-refractivity contribution in [3.63, 3.8) is 0 Å². The van der Waals surface area contributed by atoms with Crippen LogP contribution in [0, 0.1) is 0 Å². The summed E-state index contributed by atoms with van der Waals surface area (Å²) in [6.07, 6.45) is 8.15. The van der Waals surface area contributed by atoms with Crippen molar-refractivity contribution >= 4 is 11.6 Å². The molecule has 3 heteroatoms. The average molecular weight is 294 g/mol. The first-order valence-electron chi connectivity index (χ1n) is 7.91. The lowest BCUT2D eigenvalue weighted by Gasteiger charge is -2.35. The van der Waals surface area contributed by atoms with Gasteiger partial charge >= 0.3 is 0 Å². The molecular formula is C17H24ClNO. The Hall–Kier alpha value is -0.730. The van der Waals surface area contributed by atoms with Gasteiger partial charge in [-0.1, -0.05) is 37.5 Å². The van der Waals surface area contributed by atoms with Gasteiger partial charge < -0.3 is 4.74 Å². The fourth-order valence-corrected chi connectivity index (χ4v) is 3.81. The maximum Gasteiger partial charge on any atom is 0.123 e. The molecule has 110 valence electrons. The van der Waals surface area contributed by atoms with Gasteiger partial charge in [0.1, 0.15) is 11.9 Å². The Labute approximate surface area is 127 Å². The van der Waals surface area contributed by atoms with Gasteiger partial charge in [-0.25, -0.2) is 0 Å². The van der Waals surface area contributed by atoms with Gasteiger partial charge in [0, 0.05) is 31.4 Å². The number of para-hydroxylation sites is 1. The molecule has 0 bridgehead atoms. The number of ether oxygens (including phenoxy) is 1. The highest BCUT2D eigenvalue weighted by atomic mass is 35.5. The number of alkyl halides is 1. The minimum atomic E-state index is 0.303. The summed E-state index contributed by atoms with van der Waals surface area (Å²) >= 11 is 6.01. The number of hydrogen-bond donors (Lipinski definition) is 0. The lowest BCUT2D eigenvalue weighted by molar-refractivity contribution is 0.102. The predicted octanol–water partition coefficient (Wildman–Crippen LogP) is 3.86. The lowest BCUT2D eigenvalue weighted by atomic mass is 9.94. The van der Waals surface area contributed by atoms with Crippen LogP contribution in [0.3, 0.4) is 0 Å². The molecule has 1 heterocycles. The molecular weight excluding hydrogens is 270 g/mol. The SMILES string of the molecule is ClCCN(CC1Cc2ccccc2O1)C1CCCCC1. The van der Waals surface area contributed by atoms with Crippen LogP contribution in [0.1, 0.15) is 37.7 Å². The second-order valence-electron chi connectivity index (χ2n) is 6.03. The molecule has 1 aliphatic carbocycles. The van der Waals surface area contributed by atoms with Crippen molar-refractivity contribution in [2.45, 2.75) is 50.7 Å². The second kappa shape index (κ2) is 6.82. The van der Waals surface area contributed by atoms with E-state index in [-0.39, 0.29) is 0 Å². The van der Waals surface area contributed by atoms with E-state index in [1.807, 2.05) is 0 Å². The first-order valence-corrected chi connectivity index (χ1v) is 8.45. The molecule has 20 heavy (non-hydrogen) atoms. The van der Waals surface area contributed by atoms with Crippen LogP contribution in [0.15, 0.2) is 24.3 Å². The quantitative estimate of drug-likeness (QED) is 0.764. The summed E-state index contributed by atoms with van der Waals surface area (Å²) in [5.41, 5.74) is 1.35. The topological polar surface area (TPSA) is 12.5 Å². The molecule has 0 aromatic heterocycles. The van der Waals surface area contributed by atoms with Gasteiger partial charge in [-0.3, -0.25) is 4.90 Å². The summed E-state index contributed by atoms with van der Waals surface area (Å²) < 4.78 is 6.09. The lowest BCUT2D eigenvalue weighted by Crippen LogP contribution is -2.43. The standard InChI is InChI=1S/C17H24ClNO/c18-10-11-19(15-7-2-1-3-8-15)13-16-12-14-6-4-5-9-17(14)20-16/h4-6,9,15-16H,1-3,7-8,10-13H2. The van der Waals surface area contributed by atoms with E-state index in [1.165, 1.54) is 37.7 Å². The highest BCUT2D eigenvalue weighted by Crippen LogP contribution is 2.30. The largest absolute Gasteiger partial charge is 0.488 e. The summed E-state index contributed by atoms with van der Waals surface area (Å²) in [5.74, 6) is 1.79. The van der Waals surface area contributed by atoms with E-state index in [0.717, 1.165) is 37.2 Å². The van der Waals surface area contributed by atoms with Crippen LogP contribution in [-0.2, 0) is 6.42 Å². The Balaban J connectivity index is 1.60. The fraction of sp³-hybridized carbons (Fsp3) is 0.647. The highest BCUT2D eigenvalue weighted by molar-refractivity contribution is 6.18. The van der Waals surface area contributed by atoms with Crippen molar-refractivity contribution in [1.29, 1.82) is 0 Å². The van der Waals surface area contributed by atoms with Gasteiger partial charge in [0.25, 0.3) is 0 Å². The van der Waals surface area contributed by atoms with Crippen molar-refractivity contribution in [1.82, 2.24) is 4.90 Å². The summed E-state index contributed by atoms with van der Waals surface area (Å²) in [4.78, 5) is 2.57. The first-order chi connectivity index (χ1) is 9.86. The number of hydrogen-bond acceptors (Lipinski definition) is 2. The van der Waals surface area contributed by atoms with E-state index in [2.05, 4.69) is 29.2 Å². The van der Waals surface area contributed by atoms with Gasteiger partial charge in [-0.2, -0.15) is 0 Å². The van der Waals surface area contributed by atoms with Crippen LogP contribution < -0.4 is 4.74 Å². The minimum absolute atomic E-state index is 0.303. The average Bonchev–Trinajstić information content (AvgIpc) is 2.90. The molecule has 1 atom stereocenters. The number of halogens is 1. The summed E-state index contributed by atoms with van der Waals surface area (Å²) in [6.45, 7) is 2.01. The van der Waals surface area contributed by atoms with E-state index < -0.39 is 0 Å². The van der Waals surface area contributed by atoms with Gasteiger partial charge in [-0.05, 0) is 24.5 Å². The highest BCUT2D eigenvalue weighted by Gasteiger charge is 2.28. The van der Waals surface area contributed by atoms with E-state index in [1.54, 1.807) is 0 Å². The first kappa shape index (κ1) is 14.2. The van der Waals surface area contributed by atoms with Gasteiger partial charge in [0.15, 0.2) is 0 Å². The number of rotatable bonds is 5. The molecule has 0 spiro atoms. The number of benzene rings is 1. The third-order valence-corrected chi connectivity index (χ3v) is 4.78. The molecule has 1 aromatic rings. The third-order valence-electron chi connectivity index (χ3n) is 4.61. The Bertz CT molecular complexity index is 406.